The molecule has 1 aromatic rings. The number of alkyl halides is 2. The van der Waals surface area contributed by atoms with Gasteiger partial charge in [0.2, 0.25) is 0 Å². The number of rotatable bonds is 4. The summed E-state index contributed by atoms with van der Waals surface area (Å²) in [4.78, 5) is 1.90. The third kappa shape index (κ3) is 3.48. The number of morpholine rings is 1. The van der Waals surface area contributed by atoms with E-state index >= 15 is 0 Å². The van der Waals surface area contributed by atoms with Gasteiger partial charge in [-0.25, -0.2) is 8.78 Å². The van der Waals surface area contributed by atoms with Crippen molar-refractivity contribution in [2.45, 2.75) is 25.2 Å². The Kier molecular flexibility index (Phi) is 4.63. The standard InChI is InChI=1S/C13H17F2NO2/c14-13(15)12-8-16(7-11(9-17)18-12)6-10-4-2-1-3-5-10/h1-5,11-13,17H,6-9H2/t11-,12-/m0/s1. The monoisotopic (exact) mass is 257 g/mol. The highest BCUT2D eigenvalue weighted by Gasteiger charge is 2.32. The number of hydrogen-bond acceptors (Lipinski definition) is 3. The first kappa shape index (κ1) is 13.4. The molecule has 0 amide bonds. The van der Waals surface area contributed by atoms with E-state index in [1.807, 2.05) is 35.2 Å². The molecule has 0 aromatic heterocycles. The second kappa shape index (κ2) is 6.22. The van der Waals surface area contributed by atoms with Gasteiger partial charge in [-0.2, -0.15) is 0 Å². The molecule has 0 radical (unpaired) electrons. The molecule has 0 aliphatic carbocycles. The molecule has 2 rings (SSSR count). The van der Waals surface area contributed by atoms with Crippen molar-refractivity contribution < 1.29 is 18.6 Å². The zero-order valence-corrected chi connectivity index (χ0v) is 10.0. The Balaban J connectivity index is 1.99. The van der Waals surface area contributed by atoms with E-state index in [4.69, 9.17) is 9.84 Å². The van der Waals surface area contributed by atoms with Crippen LogP contribution >= 0.6 is 0 Å². The van der Waals surface area contributed by atoms with E-state index in [1.54, 1.807) is 0 Å². The summed E-state index contributed by atoms with van der Waals surface area (Å²) in [5.41, 5.74) is 1.07. The van der Waals surface area contributed by atoms with E-state index in [0.717, 1.165) is 5.56 Å². The molecule has 0 unspecified atom stereocenters. The summed E-state index contributed by atoms with van der Waals surface area (Å²) in [6.45, 7) is 1.05. The van der Waals surface area contributed by atoms with E-state index in [2.05, 4.69) is 0 Å². The summed E-state index contributed by atoms with van der Waals surface area (Å²) in [6.07, 6.45) is -4.15. The third-order valence-corrected chi connectivity index (χ3v) is 3.00. The van der Waals surface area contributed by atoms with Crippen molar-refractivity contribution in [1.82, 2.24) is 4.90 Å². The van der Waals surface area contributed by atoms with Crippen LogP contribution < -0.4 is 0 Å². The smallest absolute Gasteiger partial charge is 0.265 e. The lowest BCUT2D eigenvalue weighted by molar-refractivity contribution is -0.153. The summed E-state index contributed by atoms with van der Waals surface area (Å²) >= 11 is 0. The maximum atomic E-state index is 12.7. The zero-order valence-electron chi connectivity index (χ0n) is 10.0. The first-order chi connectivity index (χ1) is 8.69. The minimum absolute atomic E-state index is 0.197. The second-order valence-electron chi connectivity index (χ2n) is 4.49. The van der Waals surface area contributed by atoms with Gasteiger partial charge in [-0.3, -0.25) is 4.90 Å². The van der Waals surface area contributed by atoms with Gasteiger partial charge in [-0.05, 0) is 5.56 Å². The molecular formula is C13H17F2NO2. The van der Waals surface area contributed by atoms with Gasteiger partial charge < -0.3 is 9.84 Å². The summed E-state index contributed by atoms with van der Waals surface area (Å²) in [5, 5.41) is 9.08. The summed E-state index contributed by atoms with van der Waals surface area (Å²) < 4.78 is 30.5. The minimum Gasteiger partial charge on any atom is -0.394 e. The van der Waals surface area contributed by atoms with Crippen molar-refractivity contribution in [1.29, 1.82) is 0 Å². The average Bonchev–Trinajstić information content (AvgIpc) is 2.39. The number of aliphatic hydroxyl groups excluding tert-OH is 1. The van der Waals surface area contributed by atoms with Gasteiger partial charge in [0.15, 0.2) is 0 Å². The van der Waals surface area contributed by atoms with E-state index in [1.165, 1.54) is 0 Å². The molecule has 18 heavy (non-hydrogen) atoms. The lowest BCUT2D eigenvalue weighted by atomic mass is 10.1. The summed E-state index contributed by atoms with van der Waals surface area (Å²) in [6, 6.07) is 9.68. The van der Waals surface area contributed by atoms with Gasteiger partial charge in [-0.15, -0.1) is 0 Å². The zero-order chi connectivity index (χ0) is 13.0. The fourth-order valence-corrected chi connectivity index (χ4v) is 2.16. The molecule has 1 aliphatic heterocycles. The fourth-order valence-electron chi connectivity index (χ4n) is 2.16. The Labute approximate surface area is 105 Å². The topological polar surface area (TPSA) is 32.7 Å². The largest absolute Gasteiger partial charge is 0.394 e. The molecule has 0 spiro atoms. The molecule has 1 saturated heterocycles. The van der Waals surface area contributed by atoms with E-state index in [-0.39, 0.29) is 13.2 Å². The molecule has 1 fully saturated rings. The van der Waals surface area contributed by atoms with Crippen molar-refractivity contribution in [3.63, 3.8) is 0 Å². The number of aliphatic hydroxyl groups is 1. The van der Waals surface area contributed by atoms with Crippen LogP contribution in [0.15, 0.2) is 30.3 Å². The number of hydrogen-bond donors (Lipinski definition) is 1. The highest BCUT2D eigenvalue weighted by atomic mass is 19.3. The lowest BCUT2D eigenvalue weighted by Gasteiger charge is -2.37. The highest BCUT2D eigenvalue weighted by Crippen LogP contribution is 2.18. The van der Waals surface area contributed by atoms with Gasteiger partial charge in [0, 0.05) is 19.6 Å². The van der Waals surface area contributed by atoms with Crippen LogP contribution in [0.5, 0.6) is 0 Å². The van der Waals surface area contributed by atoms with Gasteiger partial charge in [0.05, 0.1) is 12.7 Å². The maximum Gasteiger partial charge on any atom is 0.265 e. The van der Waals surface area contributed by atoms with Crippen LogP contribution in [0, 0.1) is 0 Å². The SMILES string of the molecule is OC[C@@H]1CN(Cc2ccccc2)C[C@@H](C(F)F)O1. The van der Waals surface area contributed by atoms with Crippen molar-refractivity contribution in [3.8, 4) is 0 Å². The second-order valence-corrected chi connectivity index (χ2v) is 4.49. The molecule has 1 aromatic carbocycles. The van der Waals surface area contributed by atoms with Crippen LogP contribution in [-0.2, 0) is 11.3 Å². The average molecular weight is 257 g/mol. The van der Waals surface area contributed by atoms with Gasteiger partial charge in [0.25, 0.3) is 6.43 Å². The molecule has 2 atom stereocenters. The van der Waals surface area contributed by atoms with Crippen LogP contribution in [0.2, 0.25) is 0 Å². The predicted molar refractivity (Wildman–Crippen MR) is 63.5 cm³/mol. The van der Waals surface area contributed by atoms with Crippen LogP contribution in [-0.4, -0.2) is 48.3 Å². The Morgan fingerprint density at radius 2 is 2.00 bits per heavy atom. The highest BCUT2D eigenvalue weighted by molar-refractivity contribution is 5.14. The molecule has 5 heteroatoms. The molecule has 1 aliphatic rings. The quantitative estimate of drug-likeness (QED) is 0.887. The predicted octanol–water partition coefficient (Wildman–Crippen LogP) is 1.51. The van der Waals surface area contributed by atoms with Gasteiger partial charge in [-0.1, -0.05) is 30.3 Å². The Morgan fingerprint density at radius 1 is 1.28 bits per heavy atom. The Hall–Kier alpha value is -1.04. The molecule has 0 bridgehead atoms. The lowest BCUT2D eigenvalue weighted by Crippen LogP contribution is -2.50. The number of ether oxygens (including phenoxy) is 1. The fraction of sp³-hybridized carbons (Fsp3) is 0.538. The van der Waals surface area contributed by atoms with Crippen molar-refractivity contribution in [3.05, 3.63) is 35.9 Å². The molecule has 3 nitrogen and oxygen atoms in total. The molecule has 1 heterocycles. The first-order valence-electron chi connectivity index (χ1n) is 6.00. The molecule has 1 N–H and O–H groups in total. The van der Waals surface area contributed by atoms with Gasteiger partial charge in [0.1, 0.15) is 6.10 Å². The van der Waals surface area contributed by atoms with Crippen molar-refractivity contribution in [2.24, 2.45) is 0 Å². The third-order valence-electron chi connectivity index (χ3n) is 3.00. The minimum atomic E-state index is -2.52. The molecule has 100 valence electrons. The van der Waals surface area contributed by atoms with Crippen molar-refractivity contribution in [2.75, 3.05) is 19.7 Å². The van der Waals surface area contributed by atoms with E-state index in [9.17, 15) is 8.78 Å². The number of nitrogens with zero attached hydrogens (tertiary/aromatic N) is 1. The number of benzene rings is 1. The van der Waals surface area contributed by atoms with Crippen LogP contribution in [0.3, 0.4) is 0 Å². The maximum absolute atomic E-state index is 12.7. The number of halogens is 2. The Bertz CT molecular complexity index is 361. The molecule has 0 saturated carbocycles. The summed E-state index contributed by atoms with van der Waals surface area (Å²) in [7, 11) is 0. The Morgan fingerprint density at radius 3 is 2.61 bits per heavy atom. The van der Waals surface area contributed by atoms with Crippen LogP contribution in [0.25, 0.3) is 0 Å². The van der Waals surface area contributed by atoms with Crippen LogP contribution in [0.4, 0.5) is 8.78 Å². The molecular weight excluding hydrogens is 240 g/mol. The normalized spacial score (nSPS) is 25.6. The summed E-state index contributed by atoms with van der Waals surface area (Å²) in [5.74, 6) is 0. The van der Waals surface area contributed by atoms with Gasteiger partial charge >= 0.3 is 0 Å². The van der Waals surface area contributed by atoms with Crippen LogP contribution in [0.1, 0.15) is 5.56 Å². The van der Waals surface area contributed by atoms with E-state index in [0.29, 0.717) is 13.1 Å². The first-order valence-corrected chi connectivity index (χ1v) is 6.00. The van der Waals surface area contributed by atoms with Crippen molar-refractivity contribution >= 4 is 0 Å². The van der Waals surface area contributed by atoms with E-state index < -0.39 is 18.6 Å².